The number of hydrogen-bond donors (Lipinski definition) is 1. The number of anilines is 1. The normalized spacial score (nSPS) is 10.3. The molecule has 2 aromatic rings. The number of rotatable bonds is 7. The lowest BCUT2D eigenvalue weighted by Gasteiger charge is -2.17. The standard InChI is InChI=1S/C21H19NO5/c1-4-13-27-18-11-9-15(14-19(18)26-3)10-12-20(23)22(2)17-8-6-5-7-16(17)21(24)25/h1,5-12,14H,13H2,2-3H3,(H,24,25)/b12-10+. The Morgan fingerprint density at radius 2 is 1.96 bits per heavy atom. The van der Waals surface area contributed by atoms with Gasteiger partial charge in [-0.2, -0.15) is 0 Å². The summed E-state index contributed by atoms with van der Waals surface area (Å²) in [6.07, 6.45) is 8.14. The van der Waals surface area contributed by atoms with Crippen molar-refractivity contribution in [2.24, 2.45) is 0 Å². The molecular weight excluding hydrogens is 346 g/mol. The van der Waals surface area contributed by atoms with Gasteiger partial charge >= 0.3 is 5.97 Å². The molecule has 0 fully saturated rings. The smallest absolute Gasteiger partial charge is 0.337 e. The molecule has 0 aliphatic heterocycles. The molecule has 2 rings (SSSR count). The minimum Gasteiger partial charge on any atom is -0.493 e. The third kappa shape index (κ3) is 4.89. The molecule has 27 heavy (non-hydrogen) atoms. The summed E-state index contributed by atoms with van der Waals surface area (Å²) in [4.78, 5) is 25.0. The number of carboxylic acid groups (broad SMARTS) is 1. The van der Waals surface area contributed by atoms with Gasteiger partial charge in [-0.15, -0.1) is 6.42 Å². The first kappa shape index (κ1) is 19.6. The van der Waals surface area contributed by atoms with Crippen LogP contribution in [-0.2, 0) is 4.79 Å². The molecule has 2 aromatic carbocycles. The summed E-state index contributed by atoms with van der Waals surface area (Å²) >= 11 is 0. The zero-order valence-electron chi connectivity index (χ0n) is 15.0. The summed E-state index contributed by atoms with van der Waals surface area (Å²) in [6, 6.07) is 11.5. The Labute approximate surface area is 157 Å². The summed E-state index contributed by atoms with van der Waals surface area (Å²) in [5.41, 5.74) is 1.09. The Balaban J connectivity index is 2.19. The zero-order chi connectivity index (χ0) is 19.8. The lowest BCUT2D eigenvalue weighted by Crippen LogP contribution is -2.25. The molecule has 0 radical (unpaired) electrons. The van der Waals surface area contributed by atoms with E-state index in [1.54, 1.807) is 42.5 Å². The predicted molar refractivity (Wildman–Crippen MR) is 103 cm³/mol. The molecule has 0 atom stereocenters. The Morgan fingerprint density at radius 3 is 2.63 bits per heavy atom. The van der Waals surface area contributed by atoms with E-state index < -0.39 is 5.97 Å². The number of carbonyl (C=O) groups is 2. The molecule has 0 aromatic heterocycles. The van der Waals surface area contributed by atoms with E-state index in [0.29, 0.717) is 22.7 Å². The fraction of sp³-hybridized carbons (Fsp3) is 0.143. The van der Waals surface area contributed by atoms with Crippen molar-refractivity contribution in [1.29, 1.82) is 0 Å². The van der Waals surface area contributed by atoms with Crippen LogP contribution in [0.5, 0.6) is 11.5 Å². The molecule has 0 spiro atoms. The van der Waals surface area contributed by atoms with Crippen molar-refractivity contribution < 1.29 is 24.2 Å². The molecule has 138 valence electrons. The lowest BCUT2D eigenvalue weighted by atomic mass is 10.1. The average Bonchev–Trinajstić information content (AvgIpc) is 2.69. The van der Waals surface area contributed by atoms with Crippen LogP contribution in [0.15, 0.2) is 48.5 Å². The summed E-state index contributed by atoms with van der Waals surface area (Å²) in [5.74, 6) is 1.91. The number of ether oxygens (including phenoxy) is 2. The second-order valence-corrected chi connectivity index (χ2v) is 5.46. The van der Waals surface area contributed by atoms with Gasteiger partial charge in [0.05, 0.1) is 18.4 Å². The second-order valence-electron chi connectivity index (χ2n) is 5.46. The number of likely N-dealkylation sites (N-methyl/N-ethyl adjacent to an activating group) is 1. The first-order valence-electron chi connectivity index (χ1n) is 8.00. The number of terminal acetylenes is 1. The van der Waals surface area contributed by atoms with E-state index in [-0.39, 0.29) is 18.1 Å². The van der Waals surface area contributed by atoms with Gasteiger partial charge in [-0.1, -0.05) is 24.1 Å². The van der Waals surface area contributed by atoms with Gasteiger partial charge < -0.3 is 19.5 Å². The van der Waals surface area contributed by atoms with Gasteiger partial charge in [-0.25, -0.2) is 4.79 Å². The minimum absolute atomic E-state index is 0.0541. The fourth-order valence-electron chi connectivity index (χ4n) is 2.37. The number of aromatic carboxylic acids is 1. The number of amides is 1. The van der Waals surface area contributed by atoms with Gasteiger partial charge in [-0.3, -0.25) is 4.79 Å². The number of carbonyl (C=O) groups excluding carboxylic acids is 1. The van der Waals surface area contributed by atoms with Crippen LogP contribution in [0.3, 0.4) is 0 Å². The van der Waals surface area contributed by atoms with E-state index in [1.807, 2.05) is 0 Å². The third-order valence-corrected chi connectivity index (χ3v) is 3.74. The molecule has 1 N–H and O–H groups in total. The molecule has 0 bridgehead atoms. The monoisotopic (exact) mass is 365 g/mol. The topological polar surface area (TPSA) is 76.1 Å². The SMILES string of the molecule is C#CCOc1ccc(/C=C/C(=O)N(C)c2ccccc2C(=O)O)cc1OC. The molecule has 0 aliphatic carbocycles. The highest BCUT2D eigenvalue weighted by molar-refractivity contribution is 6.07. The van der Waals surface area contributed by atoms with Gasteiger partial charge in [0.15, 0.2) is 11.5 Å². The molecule has 0 unspecified atom stereocenters. The molecule has 1 amide bonds. The van der Waals surface area contributed by atoms with Crippen LogP contribution in [0.1, 0.15) is 15.9 Å². The highest BCUT2D eigenvalue weighted by Gasteiger charge is 2.16. The van der Waals surface area contributed by atoms with E-state index in [2.05, 4.69) is 5.92 Å². The van der Waals surface area contributed by atoms with Crippen molar-refractivity contribution >= 4 is 23.6 Å². The number of carboxylic acids is 1. The highest BCUT2D eigenvalue weighted by Crippen LogP contribution is 2.28. The van der Waals surface area contributed by atoms with Gasteiger partial charge in [0.1, 0.15) is 6.61 Å². The number of para-hydroxylation sites is 1. The van der Waals surface area contributed by atoms with Crippen molar-refractivity contribution in [3.8, 4) is 23.8 Å². The molecular formula is C21H19NO5. The fourth-order valence-corrected chi connectivity index (χ4v) is 2.37. The number of nitrogens with zero attached hydrogens (tertiary/aromatic N) is 1. The first-order chi connectivity index (χ1) is 13.0. The maximum atomic E-state index is 12.4. The van der Waals surface area contributed by atoms with Crippen molar-refractivity contribution in [3.05, 3.63) is 59.7 Å². The van der Waals surface area contributed by atoms with Crippen molar-refractivity contribution in [1.82, 2.24) is 0 Å². The van der Waals surface area contributed by atoms with Gasteiger partial charge in [0.25, 0.3) is 5.91 Å². The van der Waals surface area contributed by atoms with E-state index in [4.69, 9.17) is 15.9 Å². The van der Waals surface area contributed by atoms with E-state index in [9.17, 15) is 14.7 Å². The van der Waals surface area contributed by atoms with E-state index in [0.717, 1.165) is 0 Å². The second kappa shape index (κ2) is 9.11. The van der Waals surface area contributed by atoms with Gasteiger partial charge in [0, 0.05) is 13.1 Å². The summed E-state index contributed by atoms with van der Waals surface area (Å²) in [5, 5.41) is 9.26. The Morgan fingerprint density at radius 1 is 1.22 bits per heavy atom. The summed E-state index contributed by atoms with van der Waals surface area (Å²) < 4.78 is 10.6. The van der Waals surface area contributed by atoms with Crippen LogP contribution in [0.2, 0.25) is 0 Å². The molecule has 0 saturated heterocycles. The van der Waals surface area contributed by atoms with Crippen LogP contribution in [0.4, 0.5) is 5.69 Å². The van der Waals surface area contributed by atoms with Crippen LogP contribution in [0.25, 0.3) is 6.08 Å². The van der Waals surface area contributed by atoms with E-state index in [1.165, 1.54) is 31.2 Å². The quantitative estimate of drug-likeness (QED) is 0.603. The Kier molecular flexibility index (Phi) is 6.61. The molecule has 6 heteroatoms. The number of hydrogen-bond acceptors (Lipinski definition) is 4. The molecule has 0 heterocycles. The molecule has 0 saturated carbocycles. The number of benzene rings is 2. The average molecular weight is 365 g/mol. The van der Waals surface area contributed by atoms with Crippen LogP contribution >= 0.6 is 0 Å². The Bertz CT molecular complexity index is 911. The largest absolute Gasteiger partial charge is 0.493 e. The van der Waals surface area contributed by atoms with Crippen LogP contribution < -0.4 is 14.4 Å². The summed E-state index contributed by atoms with van der Waals surface area (Å²) in [6.45, 7) is 0.123. The van der Waals surface area contributed by atoms with Crippen molar-refractivity contribution in [2.75, 3.05) is 25.7 Å². The minimum atomic E-state index is -1.10. The Hall–Kier alpha value is -3.72. The zero-order valence-corrected chi connectivity index (χ0v) is 15.0. The predicted octanol–water partition coefficient (Wildman–Crippen LogP) is 3.08. The lowest BCUT2D eigenvalue weighted by molar-refractivity contribution is -0.113. The highest BCUT2D eigenvalue weighted by atomic mass is 16.5. The maximum absolute atomic E-state index is 12.4. The maximum Gasteiger partial charge on any atom is 0.337 e. The van der Waals surface area contributed by atoms with Gasteiger partial charge in [-0.05, 0) is 35.9 Å². The first-order valence-corrected chi connectivity index (χ1v) is 8.00. The van der Waals surface area contributed by atoms with Crippen LogP contribution in [0, 0.1) is 12.3 Å². The van der Waals surface area contributed by atoms with Gasteiger partial charge in [0.2, 0.25) is 0 Å². The molecule has 6 nitrogen and oxygen atoms in total. The van der Waals surface area contributed by atoms with Crippen molar-refractivity contribution in [3.63, 3.8) is 0 Å². The third-order valence-electron chi connectivity index (χ3n) is 3.74. The van der Waals surface area contributed by atoms with E-state index >= 15 is 0 Å². The number of methoxy groups -OCH3 is 1. The van der Waals surface area contributed by atoms with Crippen molar-refractivity contribution in [2.45, 2.75) is 0 Å². The summed E-state index contributed by atoms with van der Waals surface area (Å²) in [7, 11) is 3.03. The van der Waals surface area contributed by atoms with Crippen LogP contribution in [-0.4, -0.2) is 37.7 Å². The molecule has 0 aliphatic rings.